The molecule has 0 aromatic carbocycles. The highest BCUT2D eigenvalue weighted by atomic mass is 32.2. The number of rotatable bonds is 9. The lowest BCUT2D eigenvalue weighted by atomic mass is 10.2. The van der Waals surface area contributed by atoms with Crippen molar-refractivity contribution in [1.82, 2.24) is 25.0 Å². The third-order valence-corrected chi connectivity index (χ3v) is 5.62. The van der Waals surface area contributed by atoms with Gasteiger partial charge >= 0.3 is 0 Å². The number of amides is 2. The number of aryl methyl sites for hydroxylation is 1. The normalized spacial score (nSPS) is 16.6. The summed E-state index contributed by atoms with van der Waals surface area (Å²) in [6, 6.07) is 2.88. The molecule has 0 spiro atoms. The molecule has 2 aromatic heterocycles. The summed E-state index contributed by atoms with van der Waals surface area (Å²) in [6.45, 7) is 6.35. The van der Waals surface area contributed by atoms with Crippen molar-refractivity contribution in [1.29, 1.82) is 0 Å². The SMILES string of the molecule is CSc1nnc(CCCNC(=O)[C@H]2CCCN2C(=O)c2ccco2)n1CC(C)C. The highest BCUT2D eigenvalue weighted by Crippen LogP contribution is 2.21. The molecule has 1 fully saturated rings. The van der Waals surface area contributed by atoms with Gasteiger partial charge < -0.3 is 19.2 Å². The Morgan fingerprint density at radius 3 is 2.90 bits per heavy atom. The van der Waals surface area contributed by atoms with Gasteiger partial charge in [-0.1, -0.05) is 25.6 Å². The zero-order valence-corrected chi connectivity index (χ0v) is 18.1. The number of nitrogens with one attached hydrogen (secondary N) is 1. The van der Waals surface area contributed by atoms with Crippen molar-refractivity contribution in [2.24, 2.45) is 5.92 Å². The molecule has 0 aliphatic carbocycles. The fourth-order valence-electron chi connectivity index (χ4n) is 3.60. The molecule has 29 heavy (non-hydrogen) atoms. The van der Waals surface area contributed by atoms with Crippen LogP contribution >= 0.6 is 11.8 Å². The van der Waals surface area contributed by atoms with E-state index in [9.17, 15) is 9.59 Å². The molecule has 1 aliphatic rings. The van der Waals surface area contributed by atoms with Crippen molar-refractivity contribution in [3.63, 3.8) is 0 Å². The van der Waals surface area contributed by atoms with Gasteiger partial charge in [-0.15, -0.1) is 10.2 Å². The molecule has 1 N–H and O–H groups in total. The Labute approximate surface area is 175 Å². The molecule has 1 saturated heterocycles. The van der Waals surface area contributed by atoms with Gasteiger partial charge in [0.25, 0.3) is 5.91 Å². The van der Waals surface area contributed by atoms with E-state index in [4.69, 9.17) is 4.42 Å². The second-order valence-electron chi connectivity index (χ2n) is 7.64. The average molecular weight is 420 g/mol. The quantitative estimate of drug-likeness (QED) is 0.496. The van der Waals surface area contributed by atoms with E-state index in [0.717, 1.165) is 36.8 Å². The van der Waals surface area contributed by atoms with Crippen LogP contribution in [-0.2, 0) is 17.8 Å². The molecule has 0 radical (unpaired) electrons. The van der Waals surface area contributed by atoms with E-state index in [1.807, 2.05) is 6.26 Å². The first kappa shape index (κ1) is 21.4. The third-order valence-electron chi connectivity index (χ3n) is 4.95. The van der Waals surface area contributed by atoms with Gasteiger partial charge in [0.1, 0.15) is 11.9 Å². The average Bonchev–Trinajstić information content (AvgIpc) is 3.45. The van der Waals surface area contributed by atoms with Crippen molar-refractivity contribution < 1.29 is 14.0 Å². The van der Waals surface area contributed by atoms with Crippen LogP contribution in [-0.4, -0.2) is 56.9 Å². The minimum Gasteiger partial charge on any atom is -0.459 e. The lowest BCUT2D eigenvalue weighted by Gasteiger charge is -2.23. The Bertz CT molecular complexity index is 818. The van der Waals surface area contributed by atoms with Gasteiger partial charge in [-0.05, 0) is 43.6 Å². The Kier molecular flexibility index (Phi) is 7.35. The van der Waals surface area contributed by atoms with Crippen LogP contribution in [0.4, 0.5) is 0 Å². The van der Waals surface area contributed by atoms with E-state index >= 15 is 0 Å². The van der Waals surface area contributed by atoms with Crippen LogP contribution < -0.4 is 5.32 Å². The minimum absolute atomic E-state index is 0.101. The van der Waals surface area contributed by atoms with Crippen LogP contribution in [0.2, 0.25) is 0 Å². The topological polar surface area (TPSA) is 93.3 Å². The fraction of sp³-hybridized carbons (Fsp3) is 0.600. The fourth-order valence-corrected chi connectivity index (χ4v) is 4.13. The Morgan fingerprint density at radius 1 is 1.38 bits per heavy atom. The maximum Gasteiger partial charge on any atom is 0.290 e. The Balaban J connectivity index is 1.50. The molecule has 3 rings (SSSR count). The summed E-state index contributed by atoms with van der Waals surface area (Å²) in [7, 11) is 0. The van der Waals surface area contributed by atoms with Gasteiger partial charge in [0.15, 0.2) is 10.9 Å². The molecule has 3 heterocycles. The predicted octanol–water partition coefficient (Wildman–Crippen LogP) is 2.60. The van der Waals surface area contributed by atoms with Crippen molar-refractivity contribution in [3.8, 4) is 0 Å². The summed E-state index contributed by atoms with van der Waals surface area (Å²) in [5.74, 6) is 1.41. The largest absolute Gasteiger partial charge is 0.459 e. The van der Waals surface area contributed by atoms with E-state index in [0.29, 0.717) is 25.4 Å². The lowest BCUT2D eigenvalue weighted by molar-refractivity contribution is -0.124. The van der Waals surface area contributed by atoms with Crippen molar-refractivity contribution >= 4 is 23.6 Å². The summed E-state index contributed by atoms with van der Waals surface area (Å²) in [6.07, 6.45) is 6.49. The van der Waals surface area contributed by atoms with E-state index < -0.39 is 6.04 Å². The number of carbonyl (C=O) groups is 2. The number of nitrogens with zero attached hydrogens (tertiary/aromatic N) is 4. The van der Waals surface area contributed by atoms with Gasteiger partial charge in [-0.3, -0.25) is 9.59 Å². The molecule has 0 unspecified atom stereocenters. The second-order valence-corrected chi connectivity index (χ2v) is 8.41. The van der Waals surface area contributed by atoms with E-state index in [2.05, 4.69) is 33.9 Å². The Morgan fingerprint density at radius 2 is 2.21 bits per heavy atom. The lowest BCUT2D eigenvalue weighted by Crippen LogP contribution is -2.46. The number of thioether (sulfide) groups is 1. The number of hydrogen-bond donors (Lipinski definition) is 1. The van der Waals surface area contributed by atoms with Crippen LogP contribution in [0.1, 0.15) is 49.5 Å². The number of carbonyl (C=O) groups excluding carboxylic acids is 2. The summed E-state index contributed by atoms with van der Waals surface area (Å²) in [4.78, 5) is 26.8. The molecule has 9 heteroatoms. The second kappa shape index (κ2) is 9.96. The zero-order valence-electron chi connectivity index (χ0n) is 17.3. The number of aromatic nitrogens is 3. The number of hydrogen-bond acceptors (Lipinski definition) is 6. The smallest absolute Gasteiger partial charge is 0.290 e. The minimum atomic E-state index is -0.430. The summed E-state index contributed by atoms with van der Waals surface area (Å²) in [5, 5.41) is 12.5. The molecule has 158 valence electrons. The molecule has 1 atom stereocenters. The first-order valence-electron chi connectivity index (χ1n) is 10.1. The first-order valence-corrected chi connectivity index (χ1v) is 11.3. The highest BCUT2D eigenvalue weighted by Gasteiger charge is 2.35. The predicted molar refractivity (Wildman–Crippen MR) is 111 cm³/mol. The van der Waals surface area contributed by atoms with E-state index in [1.165, 1.54) is 6.26 Å². The molecule has 0 bridgehead atoms. The Hall–Kier alpha value is -2.29. The van der Waals surface area contributed by atoms with Crippen LogP contribution in [0.25, 0.3) is 0 Å². The van der Waals surface area contributed by atoms with Gasteiger partial charge in [0, 0.05) is 26.1 Å². The first-order chi connectivity index (χ1) is 14.0. The van der Waals surface area contributed by atoms with Crippen molar-refractivity contribution in [2.75, 3.05) is 19.3 Å². The van der Waals surface area contributed by atoms with Crippen molar-refractivity contribution in [2.45, 2.75) is 57.3 Å². The molecule has 0 saturated carbocycles. The number of furan rings is 1. The third kappa shape index (κ3) is 5.20. The molecule has 2 aromatic rings. The van der Waals surface area contributed by atoms with Gasteiger partial charge in [-0.2, -0.15) is 0 Å². The van der Waals surface area contributed by atoms with Crippen LogP contribution in [0, 0.1) is 5.92 Å². The molecule has 2 amide bonds. The van der Waals surface area contributed by atoms with Gasteiger partial charge in [-0.25, -0.2) is 0 Å². The summed E-state index contributed by atoms with van der Waals surface area (Å²) >= 11 is 1.60. The van der Waals surface area contributed by atoms with Crippen LogP contribution in [0.3, 0.4) is 0 Å². The van der Waals surface area contributed by atoms with Crippen LogP contribution in [0.15, 0.2) is 28.0 Å². The summed E-state index contributed by atoms with van der Waals surface area (Å²) in [5.41, 5.74) is 0. The highest BCUT2D eigenvalue weighted by molar-refractivity contribution is 7.98. The summed E-state index contributed by atoms with van der Waals surface area (Å²) < 4.78 is 7.36. The zero-order chi connectivity index (χ0) is 20.8. The monoisotopic (exact) mass is 419 g/mol. The molecule has 1 aliphatic heterocycles. The molecular weight excluding hydrogens is 390 g/mol. The standard InChI is InChI=1S/C20H29N5O3S/c1-14(2)13-25-17(22-23-20(25)29-3)9-4-10-21-18(26)15-7-5-11-24(15)19(27)16-8-6-12-28-16/h6,8,12,14-15H,4-5,7,9-11,13H2,1-3H3,(H,21,26)/t15-/m1/s1. The molecule has 8 nitrogen and oxygen atoms in total. The maximum absolute atomic E-state index is 12.6. The number of likely N-dealkylation sites (tertiary alicyclic amines) is 1. The van der Waals surface area contributed by atoms with Gasteiger partial charge in [0.05, 0.1) is 6.26 Å². The maximum atomic E-state index is 12.6. The van der Waals surface area contributed by atoms with Gasteiger partial charge in [0.2, 0.25) is 5.91 Å². The molecular formula is C20H29N5O3S. The van der Waals surface area contributed by atoms with Crippen molar-refractivity contribution in [3.05, 3.63) is 30.0 Å². The van der Waals surface area contributed by atoms with E-state index in [-0.39, 0.29) is 17.6 Å². The van der Waals surface area contributed by atoms with Crippen LogP contribution in [0.5, 0.6) is 0 Å². The van der Waals surface area contributed by atoms with E-state index in [1.54, 1.807) is 28.8 Å².